The van der Waals surface area contributed by atoms with E-state index in [-0.39, 0.29) is 12.7 Å². The van der Waals surface area contributed by atoms with Crippen LogP contribution in [0, 0.1) is 0 Å². The van der Waals surface area contributed by atoms with Crippen LogP contribution in [0.2, 0.25) is 0 Å². The van der Waals surface area contributed by atoms with Crippen molar-refractivity contribution in [1.29, 1.82) is 0 Å². The van der Waals surface area contributed by atoms with Gasteiger partial charge < -0.3 is 9.47 Å². The highest BCUT2D eigenvalue weighted by molar-refractivity contribution is 5.61. The van der Waals surface area contributed by atoms with E-state index < -0.39 is 6.16 Å². The molecule has 1 aromatic rings. The Labute approximate surface area is 101 Å². The van der Waals surface area contributed by atoms with E-state index in [9.17, 15) is 4.79 Å². The molecule has 0 aliphatic rings. The summed E-state index contributed by atoms with van der Waals surface area (Å²) in [5.74, 6) is 0. The molecule has 1 rings (SSSR count). The van der Waals surface area contributed by atoms with Crippen LogP contribution in [0.1, 0.15) is 12.5 Å². The van der Waals surface area contributed by atoms with Crippen molar-refractivity contribution < 1.29 is 14.3 Å². The maximum Gasteiger partial charge on any atom is 0.509 e. The Balaban J connectivity index is 2.39. The minimum Gasteiger partial charge on any atom is -0.430 e. The average molecular weight is 232 g/mol. The third kappa shape index (κ3) is 5.56. The Morgan fingerprint density at radius 1 is 1.41 bits per heavy atom. The van der Waals surface area contributed by atoms with Crippen molar-refractivity contribution in [2.45, 2.75) is 13.0 Å². The standard InChI is InChI=1S/C14H16O3/c1-3-11-16-14(15)17-12(2)9-10-13-7-5-4-6-8-13/h3-10,12H,1,11H2,2H3/b10-9+. The first kappa shape index (κ1) is 13.0. The summed E-state index contributed by atoms with van der Waals surface area (Å²) in [6.07, 6.45) is 4.17. The van der Waals surface area contributed by atoms with Crippen LogP contribution in [0.3, 0.4) is 0 Å². The van der Waals surface area contributed by atoms with Gasteiger partial charge in [0, 0.05) is 0 Å². The van der Waals surface area contributed by atoms with Crippen LogP contribution >= 0.6 is 0 Å². The van der Waals surface area contributed by atoms with Gasteiger partial charge in [-0.1, -0.05) is 49.1 Å². The second-order valence-electron chi connectivity index (χ2n) is 3.44. The highest BCUT2D eigenvalue weighted by Gasteiger charge is 2.06. The van der Waals surface area contributed by atoms with Crippen molar-refractivity contribution in [2.75, 3.05) is 6.61 Å². The van der Waals surface area contributed by atoms with Crippen molar-refractivity contribution in [1.82, 2.24) is 0 Å². The van der Waals surface area contributed by atoms with Gasteiger partial charge in [-0.15, -0.1) is 0 Å². The molecule has 0 amide bonds. The summed E-state index contributed by atoms with van der Waals surface area (Å²) in [5.41, 5.74) is 1.06. The summed E-state index contributed by atoms with van der Waals surface area (Å²) in [6.45, 7) is 5.37. The van der Waals surface area contributed by atoms with Crippen LogP contribution < -0.4 is 0 Å². The molecule has 17 heavy (non-hydrogen) atoms. The number of carbonyl (C=O) groups is 1. The highest BCUT2D eigenvalue weighted by atomic mass is 16.7. The van der Waals surface area contributed by atoms with Gasteiger partial charge in [-0.25, -0.2) is 4.79 Å². The fraction of sp³-hybridized carbons (Fsp3) is 0.214. The minimum atomic E-state index is -0.685. The molecule has 0 radical (unpaired) electrons. The first-order valence-electron chi connectivity index (χ1n) is 5.40. The molecule has 0 aromatic heterocycles. The SMILES string of the molecule is C=CCOC(=O)OC(C)/C=C/c1ccccc1. The molecule has 90 valence electrons. The largest absolute Gasteiger partial charge is 0.509 e. The van der Waals surface area contributed by atoms with Crippen molar-refractivity contribution in [2.24, 2.45) is 0 Å². The van der Waals surface area contributed by atoms with Crippen LogP contribution in [-0.2, 0) is 9.47 Å². The lowest BCUT2D eigenvalue weighted by Gasteiger charge is -2.08. The van der Waals surface area contributed by atoms with E-state index in [0.29, 0.717) is 0 Å². The summed E-state index contributed by atoms with van der Waals surface area (Å²) in [5, 5.41) is 0. The molecule has 0 heterocycles. The summed E-state index contributed by atoms with van der Waals surface area (Å²) < 4.78 is 9.68. The van der Waals surface area contributed by atoms with E-state index in [2.05, 4.69) is 6.58 Å². The zero-order valence-electron chi connectivity index (χ0n) is 9.84. The Morgan fingerprint density at radius 2 is 2.12 bits per heavy atom. The van der Waals surface area contributed by atoms with Gasteiger partial charge in [0.15, 0.2) is 0 Å². The van der Waals surface area contributed by atoms with Gasteiger partial charge >= 0.3 is 6.16 Å². The fourth-order valence-corrected chi connectivity index (χ4v) is 1.16. The molecule has 1 aromatic carbocycles. The first-order chi connectivity index (χ1) is 8.22. The van der Waals surface area contributed by atoms with Crippen LogP contribution in [0.25, 0.3) is 6.08 Å². The molecule has 0 fully saturated rings. The number of hydrogen-bond acceptors (Lipinski definition) is 3. The summed E-state index contributed by atoms with van der Waals surface area (Å²) in [4.78, 5) is 11.1. The third-order valence-corrected chi connectivity index (χ3v) is 1.96. The molecule has 0 saturated carbocycles. The molecule has 0 aliphatic carbocycles. The zero-order chi connectivity index (χ0) is 12.5. The zero-order valence-corrected chi connectivity index (χ0v) is 9.84. The molecule has 0 saturated heterocycles. The van der Waals surface area contributed by atoms with Gasteiger partial charge in [0.25, 0.3) is 0 Å². The maximum absolute atomic E-state index is 11.1. The predicted molar refractivity (Wildman–Crippen MR) is 67.6 cm³/mol. The van der Waals surface area contributed by atoms with Gasteiger partial charge in [-0.05, 0) is 18.6 Å². The van der Waals surface area contributed by atoms with E-state index in [1.807, 2.05) is 36.4 Å². The highest BCUT2D eigenvalue weighted by Crippen LogP contribution is 2.04. The van der Waals surface area contributed by atoms with Crippen molar-refractivity contribution >= 4 is 12.2 Å². The van der Waals surface area contributed by atoms with E-state index in [4.69, 9.17) is 9.47 Å². The average Bonchev–Trinajstić information content (AvgIpc) is 2.35. The molecule has 1 atom stereocenters. The lowest BCUT2D eigenvalue weighted by molar-refractivity contribution is 0.0494. The molecular formula is C14H16O3. The van der Waals surface area contributed by atoms with Gasteiger partial charge in [-0.3, -0.25) is 0 Å². The number of carbonyl (C=O) groups excluding carboxylic acids is 1. The number of hydrogen-bond donors (Lipinski definition) is 0. The number of ether oxygens (including phenoxy) is 2. The molecule has 0 bridgehead atoms. The van der Waals surface area contributed by atoms with Gasteiger partial charge in [0.2, 0.25) is 0 Å². The van der Waals surface area contributed by atoms with Gasteiger partial charge in [0.1, 0.15) is 12.7 Å². The Bertz CT molecular complexity index is 382. The third-order valence-electron chi connectivity index (χ3n) is 1.96. The fourth-order valence-electron chi connectivity index (χ4n) is 1.16. The minimum absolute atomic E-state index is 0.161. The predicted octanol–water partition coefficient (Wildman–Crippen LogP) is 3.43. The summed E-state index contributed by atoms with van der Waals surface area (Å²) in [6, 6.07) is 9.79. The normalized spacial score (nSPS) is 12.1. The molecular weight excluding hydrogens is 216 g/mol. The van der Waals surface area contributed by atoms with Gasteiger partial charge in [0.05, 0.1) is 0 Å². The smallest absolute Gasteiger partial charge is 0.430 e. The van der Waals surface area contributed by atoms with Crippen molar-refractivity contribution in [3.63, 3.8) is 0 Å². The summed E-state index contributed by atoms with van der Waals surface area (Å²) >= 11 is 0. The monoisotopic (exact) mass is 232 g/mol. The van der Waals surface area contributed by atoms with Crippen LogP contribution in [-0.4, -0.2) is 18.9 Å². The van der Waals surface area contributed by atoms with Gasteiger partial charge in [-0.2, -0.15) is 0 Å². The summed E-state index contributed by atoms with van der Waals surface area (Å²) in [7, 11) is 0. The second kappa shape index (κ2) is 7.28. The lowest BCUT2D eigenvalue weighted by Crippen LogP contribution is -2.14. The molecule has 3 nitrogen and oxygen atoms in total. The van der Waals surface area contributed by atoms with E-state index in [1.165, 1.54) is 6.08 Å². The van der Waals surface area contributed by atoms with E-state index in [0.717, 1.165) is 5.56 Å². The second-order valence-corrected chi connectivity index (χ2v) is 3.44. The first-order valence-corrected chi connectivity index (χ1v) is 5.40. The maximum atomic E-state index is 11.1. The molecule has 0 N–H and O–H groups in total. The lowest BCUT2D eigenvalue weighted by atomic mass is 10.2. The van der Waals surface area contributed by atoms with Crippen LogP contribution in [0.4, 0.5) is 4.79 Å². The Hall–Kier alpha value is -2.03. The molecule has 1 unspecified atom stereocenters. The number of rotatable bonds is 5. The van der Waals surface area contributed by atoms with E-state index in [1.54, 1.807) is 13.0 Å². The quantitative estimate of drug-likeness (QED) is 0.576. The van der Waals surface area contributed by atoms with Crippen LogP contribution in [0.15, 0.2) is 49.1 Å². The van der Waals surface area contributed by atoms with Crippen molar-refractivity contribution in [3.8, 4) is 0 Å². The Morgan fingerprint density at radius 3 is 2.76 bits per heavy atom. The van der Waals surface area contributed by atoms with Crippen molar-refractivity contribution in [3.05, 3.63) is 54.6 Å². The molecule has 0 aliphatic heterocycles. The van der Waals surface area contributed by atoms with Crippen LogP contribution in [0.5, 0.6) is 0 Å². The topological polar surface area (TPSA) is 35.5 Å². The molecule has 0 spiro atoms. The number of benzene rings is 1. The molecule has 3 heteroatoms. The Kier molecular flexibility index (Phi) is 5.58. The van der Waals surface area contributed by atoms with E-state index >= 15 is 0 Å².